The highest BCUT2D eigenvalue weighted by Crippen LogP contribution is 2.19. The van der Waals surface area contributed by atoms with Crippen molar-refractivity contribution in [1.29, 1.82) is 5.26 Å². The van der Waals surface area contributed by atoms with Crippen molar-refractivity contribution in [3.63, 3.8) is 0 Å². The Balaban J connectivity index is 2.13. The molecule has 128 valence electrons. The molecule has 4 heteroatoms. The molecule has 2 aromatic carbocycles. The highest BCUT2D eigenvalue weighted by Gasteiger charge is 2.12. The lowest BCUT2D eigenvalue weighted by Crippen LogP contribution is -2.10. The topological polar surface area (TPSA) is 59.3 Å². The van der Waals surface area contributed by atoms with E-state index in [1.165, 1.54) is 6.08 Å². The minimum absolute atomic E-state index is 0.0543. The van der Waals surface area contributed by atoms with E-state index >= 15 is 0 Å². The minimum atomic E-state index is -0.668. The molecule has 0 aliphatic rings. The van der Waals surface area contributed by atoms with Gasteiger partial charge in [0, 0.05) is 0 Å². The summed E-state index contributed by atoms with van der Waals surface area (Å²) in [4.78, 5) is 12.2. The van der Waals surface area contributed by atoms with E-state index in [1.807, 2.05) is 45.0 Å². The molecule has 0 unspecified atom stereocenters. The van der Waals surface area contributed by atoms with Crippen molar-refractivity contribution in [2.24, 2.45) is 0 Å². The average molecular weight is 335 g/mol. The molecule has 2 rings (SSSR count). The van der Waals surface area contributed by atoms with E-state index < -0.39 is 5.97 Å². The lowest BCUT2D eigenvalue weighted by molar-refractivity contribution is -0.129. The van der Waals surface area contributed by atoms with Gasteiger partial charge in [-0.05, 0) is 67.3 Å². The summed E-state index contributed by atoms with van der Waals surface area (Å²) >= 11 is 0. The number of carbonyl (C=O) groups excluding carboxylic acids is 1. The fourth-order valence-electron chi connectivity index (χ4n) is 2.34. The number of benzene rings is 2. The maximum atomic E-state index is 12.2. The lowest BCUT2D eigenvalue weighted by atomic mass is 10.1. The summed E-state index contributed by atoms with van der Waals surface area (Å²) in [6, 6.07) is 14.6. The zero-order valence-corrected chi connectivity index (χ0v) is 14.7. The van der Waals surface area contributed by atoms with Gasteiger partial charge in [0.25, 0.3) is 0 Å². The molecule has 0 amide bonds. The van der Waals surface area contributed by atoms with Crippen LogP contribution in [0.15, 0.2) is 48.0 Å². The van der Waals surface area contributed by atoms with Crippen LogP contribution in [0.25, 0.3) is 6.08 Å². The van der Waals surface area contributed by atoms with E-state index in [4.69, 9.17) is 9.47 Å². The van der Waals surface area contributed by atoms with E-state index in [2.05, 4.69) is 0 Å². The molecule has 0 spiro atoms. The number of carbonyl (C=O) groups is 1. The summed E-state index contributed by atoms with van der Waals surface area (Å²) < 4.78 is 10.8. The second kappa shape index (κ2) is 8.70. The molecule has 0 bridgehead atoms. The fourth-order valence-corrected chi connectivity index (χ4v) is 2.34. The van der Waals surface area contributed by atoms with E-state index in [9.17, 15) is 10.1 Å². The first-order valence-electron chi connectivity index (χ1n) is 8.17. The average Bonchev–Trinajstić information content (AvgIpc) is 2.57. The predicted molar refractivity (Wildman–Crippen MR) is 97.4 cm³/mol. The van der Waals surface area contributed by atoms with Gasteiger partial charge in [0.15, 0.2) is 0 Å². The first kappa shape index (κ1) is 18.3. The third-order valence-corrected chi connectivity index (χ3v) is 3.41. The molecule has 0 aliphatic carbocycles. The second-order valence-electron chi connectivity index (χ2n) is 5.80. The second-order valence-corrected chi connectivity index (χ2v) is 5.80. The normalized spacial score (nSPS) is 10.9. The fraction of sp³-hybridized carbons (Fsp3) is 0.238. The molecule has 0 saturated carbocycles. The molecule has 0 atom stereocenters. The quantitative estimate of drug-likeness (QED) is 0.335. The van der Waals surface area contributed by atoms with Crippen LogP contribution in [0.1, 0.15) is 30.0 Å². The summed E-state index contributed by atoms with van der Waals surface area (Å²) in [5.74, 6) is 0.529. The highest BCUT2D eigenvalue weighted by atomic mass is 16.5. The Kier molecular flexibility index (Phi) is 6.36. The predicted octanol–water partition coefficient (Wildman–Crippen LogP) is 4.60. The molecule has 0 saturated heterocycles. The Morgan fingerprint density at radius 2 is 1.72 bits per heavy atom. The lowest BCUT2D eigenvalue weighted by Gasteiger charge is -2.06. The molecular formula is C21H21NO3. The molecule has 0 fully saturated rings. The van der Waals surface area contributed by atoms with Crippen molar-refractivity contribution in [2.45, 2.75) is 27.2 Å². The third kappa shape index (κ3) is 5.50. The zero-order chi connectivity index (χ0) is 18.2. The first-order chi connectivity index (χ1) is 12.0. The summed E-state index contributed by atoms with van der Waals surface area (Å²) in [6.07, 6.45) is 2.44. The first-order valence-corrected chi connectivity index (χ1v) is 8.17. The third-order valence-electron chi connectivity index (χ3n) is 3.41. The van der Waals surface area contributed by atoms with Crippen LogP contribution in [0.4, 0.5) is 0 Å². The summed E-state index contributed by atoms with van der Waals surface area (Å²) in [5, 5.41) is 9.27. The van der Waals surface area contributed by atoms with Crippen molar-refractivity contribution in [2.75, 3.05) is 6.61 Å². The number of ether oxygens (including phenoxy) is 2. The molecule has 0 N–H and O–H groups in total. The van der Waals surface area contributed by atoms with Crippen LogP contribution in [-0.2, 0) is 4.79 Å². The molecule has 0 radical (unpaired) electrons. The van der Waals surface area contributed by atoms with Crippen LogP contribution in [0.2, 0.25) is 0 Å². The van der Waals surface area contributed by atoms with Gasteiger partial charge < -0.3 is 9.47 Å². The Labute approximate surface area is 148 Å². The molecule has 0 heterocycles. The summed E-state index contributed by atoms with van der Waals surface area (Å²) in [7, 11) is 0. The Morgan fingerprint density at radius 1 is 1.08 bits per heavy atom. The van der Waals surface area contributed by atoms with Gasteiger partial charge in [0.2, 0.25) is 0 Å². The van der Waals surface area contributed by atoms with Gasteiger partial charge in [-0.3, -0.25) is 0 Å². The number of esters is 1. The monoisotopic (exact) mass is 335 g/mol. The largest absolute Gasteiger partial charge is 0.494 e. The number of aryl methyl sites for hydroxylation is 2. The van der Waals surface area contributed by atoms with Gasteiger partial charge >= 0.3 is 5.97 Å². The molecule has 2 aromatic rings. The summed E-state index contributed by atoms with van der Waals surface area (Å²) in [6.45, 7) is 6.54. The van der Waals surface area contributed by atoms with Crippen molar-refractivity contribution in [1.82, 2.24) is 0 Å². The van der Waals surface area contributed by atoms with Crippen LogP contribution in [0.5, 0.6) is 11.5 Å². The highest BCUT2D eigenvalue weighted by molar-refractivity contribution is 5.99. The molecule has 4 nitrogen and oxygen atoms in total. The van der Waals surface area contributed by atoms with Gasteiger partial charge in [-0.25, -0.2) is 4.79 Å². The molecule has 0 aliphatic heterocycles. The van der Waals surface area contributed by atoms with Crippen molar-refractivity contribution >= 4 is 12.0 Å². The van der Waals surface area contributed by atoms with E-state index in [1.54, 1.807) is 24.3 Å². The standard InChI is InChI=1S/C21H21NO3/c1-4-9-24-19-7-5-17(6-8-19)13-18(14-22)21(23)25-20-11-15(2)10-16(3)12-20/h5-8,10-13H,4,9H2,1-3H3. The van der Waals surface area contributed by atoms with Crippen molar-refractivity contribution in [3.05, 3.63) is 64.7 Å². The number of nitriles is 1. The van der Waals surface area contributed by atoms with Crippen LogP contribution in [-0.4, -0.2) is 12.6 Å². The minimum Gasteiger partial charge on any atom is -0.494 e. The Bertz CT molecular complexity index is 794. The van der Waals surface area contributed by atoms with Gasteiger partial charge in [-0.1, -0.05) is 25.1 Å². The van der Waals surface area contributed by atoms with E-state index in [-0.39, 0.29) is 5.57 Å². The maximum absolute atomic E-state index is 12.2. The smallest absolute Gasteiger partial charge is 0.354 e. The number of hydrogen-bond acceptors (Lipinski definition) is 4. The van der Waals surface area contributed by atoms with E-state index in [0.717, 1.165) is 28.9 Å². The SMILES string of the molecule is CCCOc1ccc(C=C(C#N)C(=O)Oc2cc(C)cc(C)c2)cc1. The van der Waals surface area contributed by atoms with Gasteiger partial charge in [-0.15, -0.1) is 0 Å². The van der Waals surface area contributed by atoms with Crippen LogP contribution < -0.4 is 9.47 Å². The molecular weight excluding hydrogens is 314 g/mol. The van der Waals surface area contributed by atoms with E-state index in [0.29, 0.717) is 12.4 Å². The van der Waals surface area contributed by atoms with Crippen LogP contribution in [0.3, 0.4) is 0 Å². The van der Waals surface area contributed by atoms with Crippen LogP contribution >= 0.6 is 0 Å². The van der Waals surface area contributed by atoms with Crippen molar-refractivity contribution < 1.29 is 14.3 Å². The van der Waals surface area contributed by atoms with Gasteiger partial charge in [0.05, 0.1) is 6.61 Å². The molecule has 25 heavy (non-hydrogen) atoms. The van der Waals surface area contributed by atoms with Crippen LogP contribution in [0, 0.1) is 25.2 Å². The Hall–Kier alpha value is -3.06. The van der Waals surface area contributed by atoms with Gasteiger partial charge in [0.1, 0.15) is 23.1 Å². The van der Waals surface area contributed by atoms with Gasteiger partial charge in [-0.2, -0.15) is 5.26 Å². The molecule has 0 aromatic heterocycles. The number of nitrogens with zero attached hydrogens (tertiary/aromatic N) is 1. The number of hydrogen-bond donors (Lipinski definition) is 0. The maximum Gasteiger partial charge on any atom is 0.354 e. The Morgan fingerprint density at radius 3 is 2.28 bits per heavy atom. The number of rotatable bonds is 6. The van der Waals surface area contributed by atoms with Crippen molar-refractivity contribution in [3.8, 4) is 17.6 Å². The summed E-state index contributed by atoms with van der Waals surface area (Å²) in [5.41, 5.74) is 2.67. The zero-order valence-electron chi connectivity index (χ0n) is 14.7.